The molecule has 0 aliphatic rings. The Morgan fingerprint density at radius 1 is 0.383 bits per heavy atom. The van der Waals surface area contributed by atoms with Crippen molar-refractivity contribution < 1.29 is 28.8 Å². The van der Waals surface area contributed by atoms with Crippen molar-refractivity contribution in [1.82, 2.24) is 4.90 Å². The van der Waals surface area contributed by atoms with Gasteiger partial charge in [-0.3, -0.25) is 4.90 Å². The number of unbranched alkanes of at least 4 members (excludes halogenated alkanes) is 32. The smallest absolute Gasteiger partial charge is 0.548 e. The van der Waals surface area contributed by atoms with Crippen LogP contribution in [0.15, 0.2) is 0 Å². The molecule has 0 rings (SSSR count). The Morgan fingerprint density at radius 3 is 0.787 bits per heavy atom. The molecule has 0 aliphatic carbocycles. The van der Waals surface area contributed by atoms with E-state index in [2.05, 4.69) is 25.7 Å². The van der Waals surface area contributed by atoms with Gasteiger partial charge in [-0.1, -0.05) is 233 Å². The summed E-state index contributed by atoms with van der Waals surface area (Å²) in [6.45, 7) is 8.54. The van der Waals surface area contributed by atoms with E-state index in [1.54, 1.807) is 0 Å². The third kappa shape index (κ3) is 37.1. The minimum atomic E-state index is -0.860. The van der Waals surface area contributed by atoms with Crippen LogP contribution in [0, 0.1) is 0 Å². The molecule has 0 radical (unpaired) electrons. The van der Waals surface area contributed by atoms with Gasteiger partial charge in [0.15, 0.2) is 0 Å². The molecule has 0 N–H and O–H groups in total. The minimum absolute atomic E-state index is 0. The van der Waals surface area contributed by atoms with Gasteiger partial charge >= 0.3 is 18.9 Å². The van der Waals surface area contributed by atoms with E-state index in [1.165, 1.54) is 205 Å². The Bertz CT molecular complexity index is 548. The van der Waals surface area contributed by atoms with Crippen LogP contribution in [0.2, 0.25) is 0 Å². The fourth-order valence-electron chi connectivity index (χ4n) is 7.23. The Kier molecular flexibility index (Phi) is 44.1. The molecular formula is C43H86LiNO2. The number of carbonyl (C=O) groups is 1. The zero-order valence-corrected chi connectivity index (χ0v) is 33.2. The van der Waals surface area contributed by atoms with E-state index in [1.807, 2.05) is 0 Å². The van der Waals surface area contributed by atoms with E-state index in [-0.39, 0.29) is 18.9 Å². The molecule has 0 aromatic rings. The van der Waals surface area contributed by atoms with Crippen molar-refractivity contribution >= 4 is 5.97 Å². The molecule has 0 spiro atoms. The maximum atomic E-state index is 11.9. The molecule has 0 saturated heterocycles. The van der Waals surface area contributed by atoms with Crippen LogP contribution in [-0.4, -0.2) is 30.0 Å². The van der Waals surface area contributed by atoms with Crippen LogP contribution in [0.4, 0.5) is 0 Å². The van der Waals surface area contributed by atoms with Gasteiger partial charge in [-0.2, -0.15) is 0 Å². The fraction of sp³-hybridized carbons (Fsp3) is 0.977. The molecule has 0 bridgehead atoms. The average Bonchev–Trinajstić information content (AvgIpc) is 3.05. The first-order chi connectivity index (χ1) is 22.7. The molecule has 4 heteroatoms. The summed E-state index contributed by atoms with van der Waals surface area (Å²) < 4.78 is 0. The maximum Gasteiger partial charge on any atom is 1.00 e. The topological polar surface area (TPSA) is 43.4 Å². The van der Waals surface area contributed by atoms with Crippen LogP contribution in [0.1, 0.15) is 252 Å². The number of carboxylic acid groups (broad SMARTS) is 1. The molecule has 0 amide bonds. The molecule has 0 aromatic carbocycles. The summed E-state index contributed by atoms with van der Waals surface area (Å²) in [5.74, 6) is -0.860. The normalized spacial score (nSPS) is 12.1. The average molecular weight is 656 g/mol. The van der Waals surface area contributed by atoms with E-state index >= 15 is 0 Å². The van der Waals surface area contributed by atoms with Crippen LogP contribution in [-0.2, 0) is 4.79 Å². The Morgan fingerprint density at radius 2 is 0.596 bits per heavy atom. The van der Waals surface area contributed by atoms with E-state index in [0.717, 1.165) is 38.8 Å². The number of carbonyl (C=O) groups excluding carboxylic acids is 1. The largest absolute Gasteiger partial charge is 1.00 e. The SMILES string of the molecule is CCCCCCCCCCCCCCCCCCCN(CCCCCCCCCCCCCCCCCCC)C(CCC)C(=O)[O-].[Li+]. The second kappa shape index (κ2) is 42.2. The monoisotopic (exact) mass is 656 g/mol. The number of hydrogen-bond acceptors (Lipinski definition) is 3. The van der Waals surface area contributed by atoms with Gasteiger partial charge in [0.1, 0.15) is 0 Å². The maximum absolute atomic E-state index is 11.9. The van der Waals surface area contributed by atoms with E-state index in [0.29, 0.717) is 0 Å². The molecule has 47 heavy (non-hydrogen) atoms. The molecule has 0 aromatic heterocycles. The van der Waals surface area contributed by atoms with Crippen LogP contribution in [0.3, 0.4) is 0 Å². The van der Waals surface area contributed by atoms with Crippen LogP contribution in [0.25, 0.3) is 0 Å². The van der Waals surface area contributed by atoms with Crippen LogP contribution in [0.5, 0.6) is 0 Å². The summed E-state index contributed by atoms with van der Waals surface area (Å²) in [5.41, 5.74) is 0. The Balaban J connectivity index is 0. The predicted octanol–water partition coefficient (Wildman–Crippen LogP) is 10.5. The summed E-state index contributed by atoms with van der Waals surface area (Å²) in [5, 5.41) is 11.9. The number of rotatable bonds is 40. The van der Waals surface area contributed by atoms with E-state index in [9.17, 15) is 9.90 Å². The molecule has 0 aliphatic heterocycles. The summed E-state index contributed by atoms with van der Waals surface area (Å²) in [4.78, 5) is 14.2. The third-order valence-corrected chi connectivity index (χ3v) is 10.4. The van der Waals surface area contributed by atoms with Gasteiger partial charge in [-0.05, 0) is 32.4 Å². The van der Waals surface area contributed by atoms with Crippen molar-refractivity contribution in [3.63, 3.8) is 0 Å². The zero-order valence-electron chi connectivity index (χ0n) is 33.2. The van der Waals surface area contributed by atoms with E-state index in [4.69, 9.17) is 0 Å². The quantitative estimate of drug-likeness (QED) is 0.0487. The fourth-order valence-corrected chi connectivity index (χ4v) is 7.23. The van der Waals surface area contributed by atoms with Gasteiger partial charge in [0.2, 0.25) is 0 Å². The van der Waals surface area contributed by atoms with Gasteiger partial charge in [0.25, 0.3) is 0 Å². The molecule has 276 valence electrons. The first-order valence-corrected chi connectivity index (χ1v) is 21.6. The molecule has 1 atom stereocenters. The van der Waals surface area contributed by atoms with Gasteiger partial charge in [0.05, 0.1) is 5.97 Å². The number of nitrogens with zero attached hydrogens (tertiary/aromatic N) is 1. The molecule has 0 saturated carbocycles. The third-order valence-electron chi connectivity index (χ3n) is 10.4. The standard InChI is InChI=1S/C43H87NO2.Li/c1-4-7-9-11-13-15-17-19-21-23-25-27-29-31-33-35-37-40-44(42(39-6-3)43(45)46)41-38-36-34-32-30-28-26-24-22-20-18-16-14-12-10-8-5-2;/h42H,4-41H2,1-3H3,(H,45,46);/q;+1/p-1. The molecule has 3 nitrogen and oxygen atoms in total. The summed E-state index contributed by atoms with van der Waals surface area (Å²) >= 11 is 0. The number of hydrogen-bond donors (Lipinski definition) is 0. The summed E-state index contributed by atoms with van der Waals surface area (Å²) in [6, 6.07) is -0.396. The van der Waals surface area contributed by atoms with Gasteiger partial charge in [0, 0.05) is 6.04 Å². The Labute approximate surface area is 309 Å². The van der Waals surface area contributed by atoms with Crippen molar-refractivity contribution in [1.29, 1.82) is 0 Å². The van der Waals surface area contributed by atoms with Gasteiger partial charge in [-0.15, -0.1) is 0 Å². The summed E-state index contributed by atoms with van der Waals surface area (Å²) in [6.07, 6.45) is 48.6. The van der Waals surface area contributed by atoms with Crippen LogP contribution < -0.4 is 24.0 Å². The second-order valence-corrected chi connectivity index (χ2v) is 15.0. The predicted molar refractivity (Wildman–Crippen MR) is 204 cm³/mol. The second-order valence-electron chi connectivity index (χ2n) is 15.0. The van der Waals surface area contributed by atoms with E-state index < -0.39 is 12.0 Å². The number of carboxylic acids is 1. The Hall–Kier alpha value is 0.0274. The molecule has 1 unspecified atom stereocenters. The molecule has 0 heterocycles. The first-order valence-electron chi connectivity index (χ1n) is 21.6. The van der Waals surface area contributed by atoms with Gasteiger partial charge < -0.3 is 9.90 Å². The molecule has 0 fully saturated rings. The van der Waals surface area contributed by atoms with Crippen LogP contribution >= 0.6 is 0 Å². The van der Waals surface area contributed by atoms with Crippen molar-refractivity contribution in [2.45, 2.75) is 258 Å². The minimum Gasteiger partial charge on any atom is -0.548 e. The zero-order chi connectivity index (χ0) is 33.6. The van der Waals surface area contributed by atoms with Crippen molar-refractivity contribution in [2.24, 2.45) is 0 Å². The van der Waals surface area contributed by atoms with Crippen molar-refractivity contribution in [3.05, 3.63) is 0 Å². The molecular weight excluding hydrogens is 569 g/mol. The number of aliphatic carboxylic acids is 1. The first kappa shape index (κ1) is 49.1. The van der Waals surface area contributed by atoms with Crippen molar-refractivity contribution in [3.8, 4) is 0 Å². The van der Waals surface area contributed by atoms with Crippen molar-refractivity contribution in [2.75, 3.05) is 13.1 Å². The van der Waals surface area contributed by atoms with Gasteiger partial charge in [-0.25, -0.2) is 0 Å². The summed E-state index contributed by atoms with van der Waals surface area (Å²) in [7, 11) is 0.